The minimum Gasteiger partial charge on any atom is -0.480 e. The molecule has 0 aromatic heterocycles. The number of aliphatic carboxylic acids is 1. The molecule has 1 unspecified atom stereocenters. The van der Waals surface area contributed by atoms with Crippen LogP contribution in [-0.2, 0) is 9.59 Å². The highest BCUT2D eigenvalue weighted by Crippen LogP contribution is 2.39. The van der Waals surface area contributed by atoms with E-state index in [2.05, 4.69) is 10.6 Å². The average molecular weight is 214 g/mol. The third-order valence-electron chi connectivity index (χ3n) is 2.83. The lowest BCUT2D eigenvalue weighted by Gasteiger charge is -2.26. The van der Waals surface area contributed by atoms with Crippen molar-refractivity contribution in [3.05, 3.63) is 0 Å². The molecule has 5 heteroatoms. The molecule has 0 aromatic carbocycles. The molecule has 0 saturated heterocycles. The third-order valence-corrected chi connectivity index (χ3v) is 2.83. The number of hydrogen-bond donors (Lipinski definition) is 3. The molecule has 0 bridgehead atoms. The Labute approximate surface area is 89.2 Å². The van der Waals surface area contributed by atoms with Gasteiger partial charge in [0.1, 0.15) is 5.54 Å². The Hall–Kier alpha value is -1.10. The molecule has 1 fully saturated rings. The summed E-state index contributed by atoms with van der Waals surface area (Å²) in [5.74, 6) is -0.680. The summed E-state index contributed by atoms with van der Waals surface area (Å²) >= 11 is 0. The van der Waals surface area contributed by atoms with Gasteiger partial charge in [0.2, 0.25) is 5.91 Å². The summed E-state index contributed by atoms with van der Waals surface area (Å²) in [6.45, 7) is 4.10. The molecule has 1 aliphatic carbocycles. The molecule has 1 amide bonds. The lowest BCUT2D eigenvalue weighted by Crippen LogP contribution is -2.53. The maximum Gasteiger partial charge on any atom is 0.323 e. The fourth-order valence-corrected chi connectivity index (χ4v) is 1.62. The zero-order valence-electron chi connectivity index (χ0n) is 9.17. The van der Waals surface area contributed by atoms with Gasteiger partial charge in [-0.15, -0.1) is 0 Å². The summed E-state index contributed by atoms with van der Waals surface area (Å²) in [4.78, 5) is 21.7. The number of carboxylic acid groups (broad SMARTS) is 1. The summed E-state index contributed by atoms with van der Waals surface area (Å²) in [7, 11) is 0. The molecule has 1 rings (SSSR count). The van der Waals surface area contributed by atoms with E-state index in [1.807, 2.05) is 0 Å². The van der Waals surface area contributed by atoms with Crippen molar-refractivity contribution in [1.29, 1.82) is 0 Å². The van der Waals surface area contributed by atoms with Gasteiger partial charge in [-0.1, -0.05) is 0 Å². The summed E-state index contributed by atoms with van der Waals surface area (Å²) in [6.07, 6.45) is 1.94. The van der Waals surface area contributed by atoms with Crippen molar-refractivity contribution in [2.24, 2.45) is 5.92 Å². The fraction of sp³-hybridized carbons (Fsp3) is 0.800. The first-order chi connectivity index (χ1) is 6.97. The fourth-order valence-electron chi connectivity index (χ4n) is 1.62. The van der Waals surface area contributed by atoms with Crippen LogP contribution in [0.5, 0.6) is 0 Å². The number of rotatable bonds is 6. The molecule has 0 aliphatic heterocycles. The first kappa shape index (κ1) is 12.0. The van der Waals surface area contributed by atoms with Gasteiger partial charge >= 0.3 is 5.97 Å². The molecule has 86 valence electrons. The maximum atomic E-state index is 11.1. The molecule has 0 radical (unpaired) electrons. The van der Waals surface area contributed by atoms with Crippen molar-refractivity contribution in [2.45, 2.75) is 32.2 Å². The molecule has 15 heavy (non-hydrogen) atoms. The molecule has 0 aromatic rings. The van der Waals surface area contributed by atoms with Gasteiger partial charge < -0.3 is 15.7 Å². The van der Waals surface area contributed by atoms with Crippen molar-refractivity contribution in [2.75, 3.05) is 13.1 Å². The van der Waals surface area contributed by atoms with Crippen molar-refractivity contribution >= 4 is 11.9 Å². The van der Waals surface area contributed by atoms with Crippen LogP contribution in [0.2, 0.25) is 0 Å². The van der Waals surface area contributed by atoms with Crippen molar-refractivity contribution in [3.63, 3.8) is 0 Å². The number of hydrogen-bond acceptors (Lipinski definition) is 3. The van der Waals surface area contributed by atoms with Gasteiger partial charge in [-0.2, -0.15) is 0 Å². The second-order valence-electron chi connectivity index (χ2n) is 4.19. The lowest BCUT2D eigenvalue weighted by atomic mass is 9.96. The van der Waals surface area contributed by atoms with Gasteiger partial charge in [-0.3, -0.25) is 9.59 Å². The third kappa shape index (κ3) is 3.20. The van der Waals surface area contributed by atoms with Crippen LogP contribution >= 0.6 is 0 Å². The molecule has 5 nitrogen and oxygen atoms in total. The van der Waals surface area contributed by atoms with Crippen LogP contribution in [0.1, 0.15) is 26.7 Å². The van der Waals surface area contributed by atoms with Gasteiger partial charge in [0.15, 0.2) is 0 Å². The second-order valence-corrected chi connectivity index (χ2v) is 4.19. The molecule has 0 heterocycles. The molecule has 0 spiro atoms. The summed E-state index contributed by atoms with van der Waals surface area (Å²) in [5.41, 5.74) is -0.835. The summed E-state index contributed by atoms with van der Waals surface area (Å²) in [5, 5.41) is 14.7. The van der Waals surface area contributed by atoms with Gasteiger partial charge in [0, 0.05) is 20.0 Å². The minimum atomic E-state index is -0.835. The highest BCUT2D eigenvalue weighted by Gasteiger charge is 2.46. The maximum absolute atomic E-state index is 11.1. The van der Waals surface area contributed by atoms with E-state index in [9.17, 15) is 9.59 Å². The monoisotopic (exact) mass is 214 g/mol. The van der Waals surface area contributed by atoms with E-state index in [0.717, 1.165) is 12.8 Å². The van der Waals surface area contributed by atoms with E-state index in [1.54, 1.807) is 6.92 Å². The van der Waals surface area contributed by atoms with Crippen LogP contribution in [0.25, 0.3) is 0 Å². The zero-order valence-corrected chi connectivity index (χ0v) is 9.17. The lowest BCUT2D eigenvalue weighted by molar-refractivity contribution is -0.145. The van der Waals surface area contributed by atoms with E-state index >= 15 is 0 Å². The van der Waals surface area contributed by atoms with E-state index < -0.39 is 11.5 Å². The van der Waals surface area contributed by atoms with Gasteiger partial charge in [-0.25, -0.2) is 0 Å². The minimum absolute atomic E-state index is 0.0970. The van der Waals surface area contributed by atoms with Crippen LogP contribution < -0.4 is 10.6 Å². The topological polar surface area (TPSA) is 78.4 Å². The van der Waals surface area contributed by atoms with E-state index in [4.69, 9.17) is 5.11 Å². The summed E-state index contributed by atoms with van der Waals surface area (Å²) in [6, 6.07) is 0. The first-order valence-corrected chi connectivity index (χ1v) is 5.19. The molecular formula is C10H18N2O3. The quantitative estimate of drug-likeness (QED) is 0.542. The highest BCUT2D eigenvalue weighted by atomic mass is 16.4. The zero-order chi connectivity index (χ0) is 11.5. The molecular weight excluding hydrogens is 196 g/mol. The Bertz CT molecular complexity index is 263. The Morgan fingerprint density at radius 3 is 2.40 bits per heavy atom. The van der Waals surface area contributed by atoms with Gasteiger partial charge in [0.05, 0.1) is 0 Å². The van der Waals surface area contributed by atoms with Crippen molar-refractivity contribution < 1.29 is 14.7 Å². The van der Waals surface area contributed by atoms with E-state index in [1.165, 1.54) is 6.92 Å². The van der Waals surface area contributed by atoms with Crippen molar-refractivity contribution in [1.82, 2.24) is 10.6 Å². The van der Waals surface area contributed by atoms with Crippen LogP contribution in [0, 0.1) is 5.92 Å². The summed E-state index contributed by atoms with van der Waals surface area (Å²) < 4.78 is 0. The SMILES string of the molecule is CC(=O)NCCNC(C)(C(=O)O)C1CC1. The van der Waals surface area contributed by atoms with E-state index in [-0.39, 0.29) is 11.8 Å². The highest BCUT2D eigenvalue weighted by molar-refractivity contribution is 5.79. The van der Waals surface area contributed by atoms with Crippen LogP contribution in [0.3, 0.4) is 0 Å². The number of carboxylic acids is 1. The predicted octanol–water partition coefficient (Wildman–Crippen LogP) is -0.0346. The van der Waals surface area contributed by atoms with Crippen LogP contribution in [0.4, 0.5) is 0 Å². The van der Waals surface area contributed by atoms with Gasteiger partial charge in [0.25, 0.3) is 0 Å². The second kappa shape index (κ2) is 4.61. The standard InChI is InChI=1S/C10H18N2O3/c1-7(13)11-5-6-12-10(2,9(14)15)8-3-4-8/h8,12H,3-6H2,1-2H3,(H,11,13)(H,14,15). The molecule has 1 atom stereocenters. The Morgan fingerprint density at radius 2 is 2.00 bits per heavy atom. The van der Waals surface area contributed by atoms with E-state index in [0.29, 0.717) is 13.1 Å². The number of carbonyl (C=O) groups excluding carboxylic acids is 1. The Kier molecular flexibility index (Phi) is 3.68. The Morgan fingerprint density at radius 1 is 1.40 bits per heavy atom. The molecule has 3 N–H and O–H groups in total. The number of nitrogens with one attached hydrogen (secondary N) is 2. The smallest absolute Gasteiger partial charge is 0.323 e. The number of amides is 1. The predicted molar refractivity (Wildman–Crippen MR) is 55.5 cm³/mol. The molecule has 1 aliphatic rings. The average Bonchev–Trinajstić information content (AvgIpc) is 2.94. The van der Waals surface area contributed by atoms with Crippen molar-refractivity contribution in [3.8, 4) is 0 Å². The normalized spacial score (nSPS) is 19.3. The van der Waals surface area contributed by atoms with Crippen LogP contribution in [-0.4, -0.2) is 35.6 Å². The Balaban J connectivity index is 2.32. The first-order valence-electron chi connectivity index (χ1n) is 5.19. The van der Waals surface area contributed by atoms with Crippen LogP contribution in [0.15, 0.2) is 0 Å². The largest absolute Gasteiger partial charge is 0.480 e. The van der Waals surface area contributed by atoms with Gasteiger partial charge in [-0.05, 0) is 25.7 Å². The molecule has 1 saturated carbocycles. The number of carbonyl (C=O) groups is 2.